The molecule has 0 heterocycles. The van der Waals surface area contributed by atoms with Gasteiger partial charge in [-0.25, -0.2) is 0 Å². The van der Waals surface area contributed by atoms with Crippen molar-refractivity contribution in [2.45, 2.75) is 26.2 Å². The van der Waals surface area contributed by atoms with E-state index in [9.17, 15) is 14.9 Å². The number of nitro groups is 1. The second-order valence-electron chi connectivity index (χ2n) is 4.03. The third-order valence-electron chi connectivity index (χ3n) is 2.42. The van der Waals surface area contributed by atoms with E-state index in [2.05, 4.69) is 26.6 Å². The summed E-state index contributed by atoms with van der Waals surface area (Å²) in [6.07, 6.45) is 2.15. The Balaban J connectivity index is 2.62. The van der Waals surface area contributed by atoms with Crippen molar-refractivity contribution in [3.63, 3.8) is 0 Å². The number of benzene rings is 1. The molecule has 0 saturated heterocycles. The number of halogens is 1. The van der Waals surface area contributed by atoms with Crippen molar-refractivity contribution in [3.8, 4) is 0 Å². The van der Waals surface area contributed by atoms with Gasteiger partial charge in [-0.2, -0.15) is 0 Å². The van der Waals surface area contributed by atoms with Gasteiger partial charge in [0.15, 0.2) is 5.11 Å². The zero-order chi connectivity index (χ0) is 15.1. The molecule has 0 fully saturated rings. The summed E-state index contributed by atoms with van der Waals surface area (Å²) in [4.78, 5) is 21.6. The Morgan fingerprint density at radius 1 is 1.50 bits per heavy atom. The summed E-state index contributed by atoms with van der Waals surface area (Å²) in [5, 5.41) is 16.1. The first-order chi connectivity index (χ1) is 9.43. The highest BCUT2D eigenvalue weighted by atomic mass is 79.9. The maximum Gasteiger partial charge on any atom is 0.270 e. The Morgan fingerprint density at radius 2 is 2.20 bits per heavy atom. The van der Waals surface area contributed by atoms with Crippen LogP contribution in [-0.2, 0) is 4.79 Å². The standard InChI is InChI=1S/C12H14BrN3O3S/c1-2-3-4-11(17)15-12(20)14-10-6-5-8(16(18)19)7-9(10)13/h5-7H,2-4H2,1H3,(H2,14,15,17,20). The highest BCUT2D eigenvalue weighted by Gasteiger charge is 2.11. The van der Waals surface area contributed by atoms with Crippen molar-refractivity contribution < 1.29 is 9.72 Å². The molecule has 0 bridgehead atoms. The molecule has 0 unspecified atom stereocenters. The summed E-state index contributed by atoms with van der Waals surface area (Å²) in [7, 11) is 0. The molecule has 8 heteroatoms. The molecular weight excluding hydrogens is 346 g/mol. The summed E-state index contributed by atoms with van der Waals surface area (Å²) in [5.74, 6) is -0.151. The fourth-order valence-electron chi connectivity index (χ4n) is 1.40. The van der Waals surface area contributed by atoms with Gasteiger partial charge in [-0.15, -0.1) is 0 Å². The van der Waals surface area contributed by atoms with Crippen molar-refractivity contribution in [1.82, 2.24) is 5.32 Å². The fourth-order valence-corrected chi connectivity index (χ4v) is 2.09. The summed E-state index contributed by atoms with van der Waals surface area (Å²) in [6.45, 7) is 2.00. The lowest BCUT2D eigenvalue weighted by Crippen LogP contribution is -2.33. The molecule has 108 valence electrons. The van der Waals surface area contributed by atoms with Crippen LogP contribution in [0.4, 0.5) is 11.4 Å². The minimum Gasteiger partial charge on any atom is -0.331 e. The number of carbonyl (C=O) groups excluding carboxylic acids is 1. The van der Waals surface area contributed by atoms with E-state index in [0.717, 1.165) is 12.8 Å². The average molecular weight is 360 g/mol. The molecule has 1 rings (SSSR count). The van der Waals surface area contributed by atoms with E-state index in [1.54, 1.807) is 0 Å². The molecule has 1 aromatic rings. The number of amides is 1. The molecule has 0 atom stereocenters. The first-order valence-corrected chi connectivity index (χ1v) is 7.19. The third-order valence-corrected chi connectivity index (χ3v) is 3.28. The Bertz CT molecular complexity index is 537. The van der Waals surface area contributed by atoms with E-state index in [1.807, 2.05) is 6.92 Å². The monoisotopic (exact) mass is 359 g/mol. The molecule has 0 aliphatic carbocycles. The summed E-state index contributed by atoms with van der Waals surface area (Å²) >= 11 is 8.22. The van der Waals surface area contributed by atoms with Crippen molar-refractivity contribution in [2.24, 2.45) is 0 Å². The Kier molecular flexibility index (Phi) is 6.53. The van der Waals surface area contributed by atoms with Crippen LogP contribution in [0.2, 0.25) is 0 Å². The van der Waals surface area contributed by atoms with Gasteiger partial charge in [0, 0.05) is 23.0 Å². The molecule has 0 saturated carbocycles. The number of hydrogen-bond acceptors (Lipinski definition) is 4. The van der Waals surface area contributed by atoms with Gasteiger partial charge in [-0.1, -0.05) is 13.3 Å². The average Bonchev–Trinajstić information content (AvgIpc) is 2.38. The van der Waals surface area contributed by atoms with Gasteiger partial charge in [-0.05, 0) is 40.6 Å². The van der Waals surface area contributed by atoms with Gasteiger partial charge in [-0.3, -0.25) is 14.9 Å². The van der Waals surface area contributed by atoms with Gasteiger partial charge in [0.2, 0.25) is 5.91 Å². The fraction of sp³-hybridized carbons (Fsp3) is 0.333. The van der Waals surface area contributed by atoms with Crippen molar-refractivity contribution in [3.05, 3.63) is 32.8 Å². The molecule has 6 nitrogen and oxygen atoms in total. The Labute approximate surface area is 130 Å². The van der Waals surface area contributed by atoms with Crippen molar-refractivity contribution in [2.75, 3.05) is 5.32 Å². The normalized spacial score (nSPS) is 9.90. The summed E-state index contributed by atoms with van der Waals surface area (Å²) in [5.41, 5.74) is 0.525. The smallest absolute Gasteiger partial charge is 0.270 e. The number of non-ortho nitro benzene ring substituents is 1. The highest BCUT2D eigenvalue weighted by Crippen LogP contribution is 2.26. The number of rotatable bonds is 5. The van der Waals surface area contributed by atoms with Gasteiger partial charge < -0.3 is 10.6 Å². The molecule has 2 N–H and O–H groups in total. The number of unbranched alkanes of at least 4 members (excludes halogenated alkanes) is 1. The lowest BCUT2D eigenvalue weighted by Gasteiger charge is -2.10. The van der Waals surface area contributed by atoms with Gasteiger partial charge in [0.25, 0.3) is 5.69 Å². The number of hydrogen-bond donors (Lipinski definition) is 2. The van der Waals surface area contributed by atoms with Crippen LogP contribution in [-0.4, -0.2) is 15.9 Å². The summed E-state index contributed by atoms with van der Waals surface area (Å²) in [6, 6.07) is 4.24. The molecule has 1 amide bonds. The van der Waals surface area contributed by atoms with Gasteiger partial charge in [0.1, 0.15) is 0 Å². The van der Waals surface area contributed by atoms with Crippen LogP contribution in [0.1, 0.15) is 26.2 Å². The summed E-state index contributed by atoms with van der Waals surface area (Å²) < 4.78 is 0.497. The van der Waals surface area contributed by atoms with Crippen LogP contribution in [0.25, 0.3) is 0 Å². The second-order valence-corrected chi connectivity index (χ2v) is 5.29. The number of nitro benzene ring substituents is 1. The number of nitrogens with zero attached hydrogens (tertiary/aromatic N) is 1. The predicted octanol–water partition coefficient (Wildman–Crippen LogP) is 3.36. The molecule has 0 radical (unpaired) electrons. The van der Waals surface area contributed by atoms with Crippen molar-refractivity contribution in [1.29, 1.82) is 0 Å². The predicted molar refractivity (Wildman–Crippen MR) is 84.7 cm³/mol. The van der Waals surface area contributed by atoms with Gasteiger partial charge >= 0.3 is 0 Å². The van der Waals surface area contributed by atoms with E-state index < -0.39 is 4.92 Å². The van der Waals surface area contributed by atoms with E-state index in [4.69, 9.17) is 12.2 Å². The van der Waals surface area contributed by atoms with Crippen LogP contribution >= 0.6 is 28.1 Å². The van der Waals surface area contributed by atoms with Crippen LogP contribution in [0.15, 0.2) is 22.7 Å². The van der Waals surface area contributed by atoms with Gasteiger partial charge in [0.05, 0.1) is 10.6 Å². The van der Waals surface area contributed by atoms with E-state index >= 15 is 0 Å². The maximum atomic E-state index is 11.5. The van der Waals surface area contributed by atoms with Crippen LogP contribution in [0.5, 0.6) is 0 Å². The first kappa shape index (κ1) is 16.5. The minimum absolute atomic E-state index is 0.0275. The van der Waals surface area contributed by atoms with Crippen LogP contribution in [0, 0.1) is 10.1 Å². The molecular formula is C12H14BrN3O3S. The number of anilines is 1. The molecule has 1 aromatic carbocycles. The molecule has 0 aliphatic rings. The zero-order valence-electron chi connectivity index (χ0n) is 10.8. The van der Waals surface area contributed by atoms with Crippen LogP contribution < -0.4 is 10.6 Å². The quantitative estimate of drug-likeness (QED) is 0.478. The first-order valence-electron chi connectivity index (χ1n) is 5.98. The third kappa shape index (κ3) is 5.22. The minimum atomic E-state index is -0.487. The Hall–Kier alpha value is -1.54. The van der Waals surface area contributed by atoms with E-state index in [1.165, 1.54) is 18.2 Å². The molecule has 20 heavy (non-hydrogen) atoms. The lowest BCUT2D eigenvalue weighted by molar-refractivity contribution is -0.384. The maximum absolute atomic E-state index is 11.5. The topological polar surface area (TPSA) is 84.3 Å². The van der Waals surface area contributed by atoms with E-state index in [-0.39, 0.29) is 16.7 Å². The number of carbonyl (C=O) groups is 1. The van der Waals surface area contributed by atoms with Crippen LogP contribution in [0.3, 0.4) is 0 Å². The number of thiocarbonyl (C=S) groups is 1. The zero-order valence-corrected chi connectivity index (χ0v) is 13.2. The lowest BCUT2D eigenvalue weighted by atomic mass is 10.2. The van der Waals surface area contributed by atoms with Crippen molar-refractivity contribution >= 4 is 50.5 Å². The largest absolute Gasteiger partial charge is 0.331 e. The molecule has 0 aromatic heterocycles. The Morgan fingerprint density at radius 3 is 2.75 bits per heavy atom. The number of nitrogens with one attached hydrogen (secondary N) is 2. The SMILES string of the molecule is CCCCC(=O)NC(=S)Nc1ccc([N+](=O)[O-])cc1Br. The van der Waals surface area contributed by atoms with E-state index in [0.29, 0.717) is 16.6 Å². The second kappa shape index (κ2) is 7.91. The highest BCUT2D eigenvalue weighted by molar-refractivity contribution is 9.10. The molecule has 0 aliphatic heterocycles. The molecule has 0 spiro atoms.